The summed E-state index contributed by atoms with van der Waals surface area (Å²) in [4.78, 5) is 25.1. The minimum atomic E-state index is -1.87. The van der Waals surface area contributed by atoms with E-state index in [2.05, 4.69) is 21.2 Å². The predicted molar refractivity (Wildman–Crippen MR) is 107 cm³/mol. The molecule has 3 aromatic rings. The van der Waals surface area contributed by atoms with Gasteiger partial charge in [-0.25, -0.2) is 0 Å². The van der Waals surface area contributed by atoms with Crippen LogP contribution in [-0.2, 0) is 10.4 Å². The van der Waals surface area contributed by atoms with Gasteiger partial charge in [-0.1, -0.05) is 70.5 Å². The van der Waals surface area contributed by atoms with Gasteiger partial charge in [-0.05, 0) is 29.3 Å². The molecule has 0 spiro atoms. The SMILES string of the molecule is O=C(C[C@@]1(O)C(=O)Nc2ccc(Br)cc21)c1ccc(-c2ccccc2)cc1. The molecule has 0 aliphatic carbocycles. The van der Waals surface area contributed by atoms with Crippen LogP contribution in [0.25, 0.3) is 11.1 Å². The zero-order valence-electron chi connectivity index (χ0n) is 14.3. The molecule has 1 aliphatic heterocycles. The Morgan fingerprint density at radius 2 is 1.63 bits per heavy atom. The first-order chi connectivity index (χ1) is 13.0. The highest BCUT2D eigenvalue weighted by Gasteiger charge is 2.46. The smallest absolute Gasteiger partial charge is 0.261 e. The molecular weight excluding hydrogens is 406 g/mol. The topological polar surface area (TPSA) is 66.4 Å². The number of carbonyl (C=O) groups is 2. The van der Waals surface area contributed by atoms with E-state index in [0.717, 1.165) is 15.6 Å². The highest BCUT2D eigenvalue weighted by molar-refractivity contribution is 9.10. The molecule has 134 valence electrons. The maximum atomic E-state index is 12.7. The number of benzene rings is 3. The molecule has 4 rings (SSSR count). The quantitative estimate of drug-likeness (QED) is 0.608. The molecule has 0 radical (unpaired) electrons. The Balaban J connectivity index is 1.59. The van der Waals surface area contributed by atoms with Crippen molar-refractivity contribution in [1.82, 2.24) is 0 Å². The molecule has 4 nitrogen and oxygen atoms in total. The van der Waals surface area contributed by atoms with E-state index in [0.29, 0.717) is 16.8 Å². The lowest BCUT2D eigenvalue weighted by Gasteiger charge is -2.20. The molecule has 5 heteroatoms. The summed E-state index contributed by atoms with van der Waals surface area (Å²) < 4.78 is 0.732. The Morgan fingerprint density at radius 1 is 0.963 bits per heavy atom. The minimum Gasteiger partial charge on any atom is -0.375 e. The number of Topliss-reactive ketones (excluding diaryl/α,β-unsaturated/α-hetero) is 1. The fourth-order valence-electron chi connectivity index (χ4n) is 3.30. The van der Waals surface area contributed by atoms with Gasteiger partial charge < -0.3 is 10.4 Å². The van der Waals surface area contributed by atoms with Gasteiger partial charge in [0.1, 0.15) is 0 Å². The van der Waals surface area contributed by atoms with Crippen molar-refractivity contribution in [2.24, 2.45) is 0 Å². The third kappa shape index (κ3) is 3.20. The van der Waals surface area contributed by atoms with Crippen LogP contribution in [-0.4, -0.2) is 16.8 Å². The highest BCUT2D eigenvalue weighted by Crippen LogP contribution is 2.40. The Labute approximate surface area is 165 Å². The molecule has 27 heavy (non-hydrogen) atoms. The number of hydrogen-bond donors (Lipinski definition) is 2. The minimum absolute atomic E-state index is 0.292. The lowest BCUT2D eigenvalue weighted by atomic mass is 9.88. The second-order valence-corrected chi connectivity index (χ2v) is 7.46. The summed E-state index contributed by atoms with van der Waals surface area (Å²) in [5, 5.41) is 13.6. The second-order valence-electron chi connectivity index (χ2n) is 6.55. The Kier molecular flexibility index (Phi) is 4.42. The fourth-order valence-corrected chi connectivity index (χ4v) is 3.67. The number of anilines is 1. The van der Waals surface area contributed by atoms with Crippen LogP contribution in [0.3, 0.4) is 0 Å². The molecule has 0 aromatic heterocycles. The van der Waals surface area contributed by atoms with Crippen LogP contribution in [0.1, 0.15) is 22.3 Å². The van der Waals surface area contributed by atoms with Crippen molar-refractivity contribution < 1.29 is 14.7 Å². The third-order valence-electron chi connectivity index (χ3n) is 4.78. The molecule has 2 N–H and O–H groups in total. The van der Waals surface area contributed by atoms with Crippen molar-refractivity contribution >= 4 is 33.3 Å². The predicted octanol–water partition coefficient (Wildman–Crippen LogP) is 4.53. The number of rotatable bonds is 4. The van der Waals surface area contributed by atoms with Gasteiger partial charge in [-0.15, -0.1) is 0 Å². The number of aliphatic hydroxyl groups is 1. The summed E-state index contributed by atoms with van der Waals surface area (Å²) in [5.41, 5.74) is 1.59. The van der Waals surface area contributed by atoms with Crippen molar-refractivity contribution in [3.05, 3.63) is 88.4 Å². The first-order valence-corrected chi connectivity index (χ1v) is 9.29. The van der Waals surface area contributed by atoms with Crippen molar-refractivity contribution in [2.45, 2.75) is 12.0 Å². The van der Waals surface area contributed by atoms with Crippen molar-refractivity contribution in [3.63, 3.8) is 0 Å². The van der Waals surface area contributed by atoms with Crippen LogP contribution in [0.4, 0.5) is 5.69 Å². The number of fused-ring (bicyclic) bond motifs is 1. The average Bonchev–Trinajstić information content (AvgIpc) is 2.93. The van der Waals surface area contributed by atoms with Gasteiger partial charge in [0.2, 0.25) is 0 Å². The van der Waals surface area contributed by atoms with Gasteiger partial charge in [-0.2, -0.15) is 0 Å². The zero-order chi connectivity index (χ0) is 19.0. The largest absolute Gasteiger partial charge is 0.375 e. The number of ketones is 1. The Hall–Kier alpha value is -2.76. The summed E-state index contributed by atoms with van der Waals surface area (Å²) in [6.45, 7) is 0. The van der Waals surface area contributed by atoms with Crippen LogP contribution in [0.2, 0.25) is 0 Å². The van der Waals surface area contributed by atoms with E-state index in [9.17, 15) is 14.7 Å². The van der Waals surface area contributed by atoms with Gasteiger partial charge in [0.25, 0.3) is 5.91 Å². The van der Waals surface area contributed by atoms with E-state index in [1.165, 1.54) is 0 Å². The summed E-state index contributed by atoms with van der Waals surface area (Å²) in [7, 11) is 0. The first kappa shape index (κ1) is 17.6. The summed E-state index contributed by atoms with van der Waals surface area (Å²) in [6, 6.07) is 22.2. The molecule has 0 bridgehead atoms. The lowest BCUT2D eigenvalue weighted by molar-refractivity contribution is -0.133. The first-order valence-electron chi connectivity index (χ1n) is 8.50. The van der Waals surface area contributed by atoms with E-state index in [1.54, 1.807) is 30.3 Å². The van der Waals surface area contributed by atoms with E-state index in [-0.39, 0.29) is 12.2 Å². The fraction of sp³-hybridized carbons (Fsp3) is 0.0909. The molecule has 1 heterocycles. The molecular formula is C22H16BrNO3. The van der Waals surface area contributed by atoms with Crippen molar-refractivity contribution in [2.75, 3.05) is 5.32 Å². The van der Waals surface area contributed by atoms with Crippen LogP contribution in [0.15, 0.2) is 77.3 Å². The molecule has 1 amide bonds. The van der Waals surface area contributed by atoms with Gasteiger partial charge in [0, 0.05) is 21.3 Å². The standard InChI is InChI=1S/C22H16BrNO3/c23-17-10-11-19-18(12-17)22(27,21(26)24-19)13-20(25)16-8-6-15(7-9-16)14-4-2-1-3-5-14/h1-12,27H,13H2,(H,24,26)/t22-/m0/s1. The van der Waals surface area contributed by atoms with E-state index < -0.39 is 11.5 Å². The second kappa shape index (κ2) is 6.76. The van der Waals surface area contributed by atoms with Crippen LogP contribution >= 0.6 is 15.9 Å². The Bertz CT molecular complexity index is 1030. The number of halogens is 1. The normalized spacial score (nSPS) is 18.1. The molecule has 0 unspecified atom stereocenters. The molecule has 1 aliphatic rings. The third-order valence-corrected chi connectivity index (χ3v) is 5.27. The summed E-state index contributed by atoms with van der Waals surface area (Å²) in [6.07, 6.45) is -0.313. The molecule has 0 saturated heterocycles. The number of carbonyl (C=O) groups excluding carboxylic acids is 2. The van der Waals surface area contributed by atoms with Gasteiger partial charge >= 0.3 is 0 Å². The maximum Gasteiger partial charge on any atom is 0.261 e. The number of nitrogens with one attached hydrogen (secondary N) is 1. The molecule has 3 aromatic carbocycles. The van der Waals surface area contributed by atoms with Gasteiger partial charge in [-0.3, -0.25) is 9.59 Å². The summed E-state index contributed by atoms with van der Waals surface area (Å²) in [5.74, 6) is -0.870. The van der Waals surface area contributed by atoms with Crippen LogP contribution in [0, 0.1) is 0 Å². The van der Waals surface area contributed by atoms with Crippen LogP contribution in [0.5, 0.6) is 0 Å². The van der Waals surface area contributed by atoms with Crippen LogP contribution < -0.4 is 5.32 Å². The van der Waals surface area contributed by atoms with Crippen molar-refractivity contribution in [1.29, 1.82) is 0 Å². The average molecular weight is 422 g/mol. The molecule has 1 atom stereocenters. The number of hydrogen-bond acceptors (Lipinski definition) is 3. The monoisotopic (exact) mass is 421 g/mol. The number of amides is 1. The molecule has 0 saturated carbocycles. The van der Waals surface area contributed by atoms with Gasteiger partial charge in [0.05, 0.1) is 6.42 Å². The van der Waals surface area contributed by atoms with E-state index in [4.69, 9.17) is 0 Å². The maximum absolute atomic E-state index is 12.7. The van der Waals surface area contributed by atoms with E-state index >= 15 is 0 Å². The Morgan fingerprint density at radius 3 is 2.33 bits per heavy atom. The van der Waals surface area contributed by atoms with Crippen molar-refractivity contribution in [3.8, 4) is 11.1 Å². The van der Waals surface area contributed by atoms with E-state index in [1.807, 2.05) is 42.5 Å². The molecule has 0 fully saturated rings. The zero-order valence-corrected chi connectivity index (χ0v) is 15.9. The summed E-state index contributed by atoms with van der Waals surface area (Å²) >= 11 is 3.34. The lowest BCUT2D eigenvalue weighted by Crippen LogP contribution is -2.36. The van der Waals surface area contributed by atoms with Gasteiger partial charge in [0.15, 0.2) is 11.4 Å². The highest BCUT2D eigenvalue weighted by atomic mass is 79.9.